The molecule has 2 aliphatic carbocycles. The molecule has 0 aliphatic heterocycles. The Hall–Kier alpha value is -1.70. The van der Waals surface area contributed by atoms with Crippen LogP contribution in [0.5, 0.6) is 0 Å². The zero-order valence-electron chi connectivity index (χ0n) is 7.75. The molecule has 1 aromatic heterocycles. The second-order valence-corrected chi connectivity index (χ2v) is 3.63. The Morgan fingerprint density at radius 2 is 2.14 bits per heavy atom. The van der Waals surface area contributed by atoms with Crippen molar-refractivity contribution in [2.75, 3.05) is 0 Å². The minimum absolute atomic E-state index is 0.420. The third kappa shape index (κ3) is 0.909. The molecule has 0 saturated heterocycles. The van der Waals surface area contributed by atoms with E-state index in [0.717, 1.165) is 29.1 Å². The van der Waals surface area contributed by atoms with E-state index in [1.54, 1.807) is 0 Å². The van der Waals surface area contributed by atoms with Gasteiger partial charge < -0.3 is 10.1 Å². The summed E-state index contributed by atoms with van der Waals surface area (Å²) in [6.45, 7) is 0. The Kier molecular flexibility index (Phi) is 1.45. The lowest BCUT2D eigenvalue weighted by Gasteiger charge is -2.05. The fourth-order valence-electron chi connectivity index (χ4n) is 2.12. The monoisotopic (exact) mass is 185 g/mol. The molecule has 2 heteroatoms. The Labute approximate surface area is 81.6 Å². The largest absolute Gasteiger partial charge is 0.508 e. The molecule has 0 spiro atoms. The molecule has 2 N–H and O–H groups in total. The quantitative estimate of drug-likeness (QED) is 0.621. The normalized spacial score (nSPS) is 17.6. The highest BCUT2D eigenvalue weighted by Gasteiger charge is 2.14. The van der Waals surface area contributed by atoms with Crippen molar-refractivity contribution in [3.05, 3.63) is 40.1 Å². The van der Waals surface area contributed by atoms with Gasteiger partial charge in [0.15, 0.2) is 0 Å². The van der Waals surface area contributed by atoms with Crippen molar-refractivity contribution >= 4 is 17.9 Å². The molecular weight excluding hydrogens is 174 g/mol. The van der Waals surface area contributed by atoms with Gasteiger partial charge in [-0.1, -0.05) is 18.2 Å². The molecule has 0 aromatic carbocycles. The zero-order chi connectivity index (χ0) is 9.54. The summed E-state index contributed by atoms with van der Waals surface area (Å²) in [5.74, 6) is 0.420. The average molecular weight is 185 g/mol. The van der Waals surface area contributed by atoms with Crippen molar-refractivity contribution in [1.82, 2.24) is 4.98 Å². The number of rotatable bonds is 0. The molecule has 0 unspecified atom stereocenters. The summed E-state index contributed by atoms with van der Waals surface area (Å²) in [6.07, 6.45) is 11.9. The number of allylic oxidation sites excluding steroid dienone is 3. The minimum atomic E-state index is 0.420. The smallest absolute Gasteiger partial charge is 0.121 e. The van der Waals surface area contributed by atoms with Gasteiger partial charge in [0, 0.05) is 16.3 Å². The van der Waals surface area contributed by atoms with E-state index >= 15 is 0 Å². The Balaban J connectivity index is 2.42. The molecule has 1 aromatic rings. The van der Waals surface area contributed by atoms with E-state index < -0.39 is 0 Å². The maximum atomic E-state index is 9.79. The van der Waals surface area contributed by atoms with Crippen LogP contribution in [0, 0.1) is 0 Å². The predicted octanol–water partition coefficient (Wildman–Crippen LogP) is 0.991. The highest BCUT2D eigenvalue weighted by atomic mass is 16.3. The predicted molar refractivity (Wildman–Crippen MR) is 57.0 cm³/mol. The molecule has 14 heavy (non-hydrogen) atoms. The van der Waals surface area contributed by atoms with Crippen molar-refractivity contribution in [2.45, 2.75) is 12.8 Å². The Morgan fingerprint density at radius 1 is 1.21 bits per heavy atom. The topological polar surface area (TPSA) is 36.0 Å². The van der Waals surface area contributed by atoms with E-state index in [1.807, 2.05) is 12.2 Å². The van der Waals surface area contributed by atoms with Gasteiger partial charge in [0.2, 0.25) is 0 Å². The molecule has 2 aliphatic rings. The van der Waals surface area contributed by atoms with Gasteiger partial charge in [-0.25, -0.2) is 0 Å². The van der Waals surface area contributed by atoms with E-state index in [-0.39, 0.29) is 0 Å². The molecule has 0 atom stereocenters. The van der Waals surface area contributed by atoms with Crippen molar-refractivity contribution in [3.8, 4) is 0 Å². The molecule has 1 heterocycles. The summed E-state index contributed by atoms with van der Waals surface area (Å²) in [6, 6.07) is 0. The van der Waals surface area contributed by atoms with Gasteiger partial charge in [0.05, 0.1) is 0 Å². The van der Waals surface area contributed by atoms with Gasteiger partial charge in [-0.05, 0) is 30.6 Å². The number of H-pyrrole nitrogens is 1. The van der Waals surface area contributed by atoms with Crippen LogP contribution in [0.15, 0.2) is 18.2 Å². The fourth-order valence-corrected chi connectivity index (χ4v) is 2.12. The molecule has 70 valence electrons. The highest BCUT2D eigenvalue weighted by Crippen LogP contribution is 2.16. The summed E-state index contributed by atoms with van der Waals surface area (Å²) in [4.78, 5) is 3.32. The number of aromatic amines is 1. The third-order valence-corrected chi connectivity index (χ3v) is 2.78. The van der Waals surface area contributed by atoms with Gasteiger partial charge in [0.25, 0.3) is 0 Å². The van der Waals surface area contributed by atoms with Crippen molar-refractivity contribution < 1.29 is 5.11 Å². The maximum Gasteiger partial charge on any atom is 0.121 e. The number of aromatic nitrogens is 1. The van der Waals surface area contributed by atoms with Gasteiger partial charge in [-0.2, -0.15) is 0 Å². The summed E-state index contributed by atoms with van der Waals surface area (Å²) >= 11 is 0. The molecule has 2 nitrogen and oxygen atoms in total. The molecule has 3 rings (SSSR count). The van der Waals surface area contributed by atoms with E-state index in [9.17, 15) is 5.11 Å². The Bertz CT molecular complexity index is 558. The second-order valence-electron chi connectivity index (χ2n) is 3.63. The number of fused-ring (bicyclic) bond motifs is 3. The highest BCUT2D eigenvalue weighted by molar-refractivity contribution is 5.68. The fraction of sp³-hybridized carbons (Fsp3) is 0.167. The van der Waals surface area contributed by atoms with Crippen LogP contribution in [0.1, 0.15) is 17.5 Å². The molecular formula is C12H11NO. The summed E-state index contributed by atoms with van der Waals surface area (Å²) in [5.41, 5.74) is 2.21. The molecule has 0 fully saturated rings. The number of hydrogen-bond donors (Lipinski definition) is 2. The van der Waals surface area contributed by atoms with Crippen molar-refractivity contribution in [2.24, 2.45) is 0 Å². The number of aliphatic hydroxyl groups is 1. The van der Waals surface area contributed by atoms with Crippen LogP contribution in [0.3, 0.4) is 0 Å². The SMILES string of the molecule is OC1=CCC=c2[nH]c3c(c21)CC=CC=3. The number of aliphatic hydroxyl groups excluding tert-OH is 1. The number of nitrogens with one attached hydrogen (secondary N) is 1. The summed E-state index contributed by atoms with van der Waals surface area (Å²) in [7, 11) is 0. The van der Waals surface area contributed by atoms with Crippen LogP contribution in [0.2, 0.25) is 0 Å². The number of hydrogen-bond acceptors (Lipinski definition) is 1. The summed E-state index contributed by atoms with van der Waals surface area (Å²) in [5, 5.41) is 12.0. The third-order valence-electron chi connectivity index (χ3n) is 2.78. The first-order valence-corrected chi connectivity index (χ1v) is 4.83. The van der Waals surface area contributed by atoms with E-state index in [1.165, 1.54) is 5.56 Å². The van der Waals surface area contributed by atoms with Crippen LogP contribution in [-0.4, -0.2) is 10.1 Å². The van der Waals surface area contributed by atoms with Crippen LogP contribution in [0.25, 0.3) is 17.9 Å². The van der Waals surface area contributed by atoms with E-state index in [0.29, 0.717) is 5.76 Å². The first-order chi connectivity index (χ1) is 6.86. The van der Waals surface area contributed by atoms with Crippen LogP contribution in [-0.2, 0) is 6.42 Å². The van der Waals surface area contributed by atoms with E-state index in [4.69, 9.17) is 0 Å². The Morgan fingerprint density at radius 3 is 3.07 bits per heavy atom. The van der Waals surface area contributed by atoms with Crippen molar-refractivity contribution in [1.29, 1.82) is 0 Å². The molecule has 0 radical (unpaired) electrons. The molecule has 0 saturated carbocycles. The van der Waals surface area contributed by atoms with Gasteiger partial charge in [-0.3, -0.25) is 0 Å². The van der Waals surface area contributed by atoms with Crippen LogP contribution in [0.4, 0.5) is 0 Å². The van der Waals surface area contributed by atoms with Crippen LogP contribution >= 0.6 is 0 Å². The van der Waals surface area contributed by atoms with E-state index in [2.05, 4.69) is 23.2 Å². The first kappa shape index (κ1) is 7.68. The lowest BCUT2D eigenvalue weighted by atomic mass is 10.0. The van der Waals surface area contributed by atoms with Gasteiger partial charge in [-0.15, -0.1) is 0 Å². The van der Waals surface area contributed by atoms with Gasteiger partial charge in [0.1, 0.15) is 5.76 Å². The summed E-state index contributed by atoms with van der Waals surface area (Å²) < 4.78 is 0. The first-order valence-electron chi connectivity index (χ1n) is 4.83. The molecule has 0 amide bonds. The van der Waals surface area contributed by atoms with Gasteiger partial charge >= 0.3 is 0 Å². The minimum Gasteiger partial charge on any atom is -0.508 e. The zero-order valence-corrected chi connectivity index (χ0v) is 7.75. The maximum absolute atomic E-state index is 9.79. The standard InChI is InChI=1S/C12H11NO/c14-11-7-3-6-10-12(11)8-4-1-2-5-9(8)13-10/h1-2,5-7,13-14H,3-4H2. The lowest BCUT2D eigenvalue weighted by molar-refractivity contribution is 0.508. The lowest BCUT2D eigenvalue weighted by Crippen LogP contribution is -2.13. The van der Waals surface area contributed by atoms with Crippen molar-refractivity contribution in [3.63, 3.8) is 0 Å². The molecule has 0 bridgehead atoms. The second kappa shape index (κ2) is 2.64. The van der Waals surface area contributed by atoms with Crippen LogP contribution < -0.4 is 10.7 Å². The average Bonchev–Trinajstić information content (AvgIpc) is 2.57.